The Hall–Kier alpha value is -1.67. The zero-order valence-corrected chi connectivity index (χ0v) is 16.8. The smallest absolute Gasteiger partial charge is 0.252 e. The zero-order chi connectivity index (χ0) is 20.2. The fourth-order valence-electron chi connectivity index (χ4n) is 2.87. The van der Waals surface area contributed by atoms with E-state index < -0.39 is 23.5 Å². The van der Waals surface area contributed by atoms with E-state index in [1.54, 1.807) is 32.9 Å². The van der Waals surface area contributed by atoms with Gasteiger partial charge < -0.3 is 25.8 Å². The van der Waals surface area contributed by atoms with E-state index in [2.05, 4.69) is 5.32 Å². The number of nitrogens with zero attached hydrogens (tertiary/aromatic N) is 1. The quantitative estimate of drug-likeness (QED) is 0.688. The van der Waals surface area contributed by atoms with Crippen molar-refractivity contribution in [2.24, 2.45) is 11.1 Å². The summed E-state index contributed by atoms with van der Waals surface area (Å²) in [6.07, 6.45) is -1.19. The lowest BCUT2D eigenvalue weighted by Gasteiger charge is -2.38. The molecule has 1 heterocycles. The second kappa shape index (κ2) is 9.01. The number of nitrogens with two attached hydrogens (primary N) is 1. The number of ether oxygens (including phenoxy) is 1. The molecule has 0 aliphatic carbocycles. The molecule has 4 N–H and O–H groups in total. The SMILES string of the molecule is CC(C)(C)[C@@H](O)C(=O)N1CCOCC1C(=O)NCc1cc(Cl)ccc1CN. The maximum Gasteiger partial charge on any atom is 0.252 e. The highest BCUT2D eigenvalue weighted by atomic mass is 35.5. The number of morpholine rings is 1. The van der Waals surface area contributed by atoms with Gasteiger partial charge in [0.05, 0.1) is 13.2 Å². The maximum atomic E-state index is 12.7. The molecule has 8 heteroatoms. The maximum absolute atomic E-state index is 12.7. The fourth-order valence-corrected chi connectivity index (χ4v) is 3.07. The summed E-state index contributed by atoms with van der Waals surface area (Å²) < 4.78 is 5.39. The van der Waals surface area contributed by atoms with Gasteiger partial charge in [-0.3, -0.25) is 9.59 Å². The van der Waals surface area contributed by atoms with Crippen LogP contribution in [0.5, 0.6) is 0 Å². The Kier molecular flexibility index (Phi) is 7.22. The molecule has 1 saturated heterocycles. The van der Waals surface area contributed by atoms with Gasteiger partial charge in [0.1, 0.15) is 12.1 Å². The van der Waals surface area contributed by atoms with Crippen LogP contribution in [-0.4, -0.2) is 53.7 Å². The minimum atomic E-state index is -1.19. The van der Waals surface area contributed by atoms with Gasteiger partial charge in [-0.2, -0.15) is 0 Å². The first-order chi connectivity index (χ1) is 12.6. The van der Waals surface area contributed by atoms with E-state index in [1.807, 2.05) is 6.07 Å². The van der Waals surface area contributed by atoms with Crippen molar-refractivity contribution < 1.29 is 19.4 Å². The summed E-state index contributed by atoms with van der Waals surface area (Å²) in [4.78, 5) is 26.8. The van der Waals surface area contributed by atoms with E-state index in [1.165, 1.54) is 4.90 Å². The minimum absolute atomic E-state index is 0.0910. The molecule has 27 heavy (non-hydrogen) atoms. The molecule has 1 fully saturated rings. The second-order valence-electron chi connectivity index (χ2n) is 7.73. The standard InChI is InChI=1S/C19H28ClN3O4/c1-19(2,3)16(24)18(26)23-6-7-27-11-15(23)17(25)22-10-13-8-14(20)5-4-12(13)9-21/h4-5,8,15-16,24H,6-7,9-11,21H2,1-3H3,(H,22,25)/t15?,16-/m0/s1. The van der Waals surface area contributed by atoms with Crippen molar-refractivity contribution in [1.29, 1.82) is 0 Å². The van der Waals surface area contributed by atoms with Crippen molar-refractivity contribution in [2.75, 3.05) is 19.8 Å². The van der Waals surface area contributed by atoms with E-state index in [9.17, 15) is 14.7 Å². The molecule has 1 aliphatic rings. The molecular weight excluding hydrogens is 370 g/mol. The molecule has 0 bridgehead atoms. The van der Waals surface area contributed by atoms with Gasteiger partial charge in [0, 0.05) is 24.7 Å². The van der Waals surface area contributed by atoms with Crippen LogP contribution >= 0.6 is 11.6 Å². The predicted molar refractivity (Wildman–Crippen MR) is 103 cm³/mol. The van der Waals surface area contributed by atoms with Crippen molar-refractivity contribution in [3.63, 3.8) is 0 Å². The van der Waals surface area contributed by atoms with E-state index in [0.717, 1.165) is 11.1 Å². The van der Waals surface area contributed by atoms with Crippen LogP contribution in [0.3, 0.4) is 0 Å². The molecule has 0 saturated carbocycles. The first kappa shape index (κ1) is 21.6. The van der Waals surface area contributed by atoms with Crippen molar-refractivity contribution in [3.05, 3.63) is 34.3 Å². The summed E-state index contributed by atoms with van der Waals surface area (Å²) in [5, 5.41) is 13.7. The van der Waals surface area contributed by atoms with Gasteiger partial charge in [-0.05, 0) is 28.7 Å². The highest BCUT2D eigenvalue weighted by Crippen LogP contribution is 2.23. The normalized spacial score (nSPS) is 18.9. The fraction of sp³-hybridized carbons (Fsp3) is 0.579. The third-order valence-corrected chi connectivity index (χ3v) is 4.84. The highest BCUT2D eigenvalue weighted by molar-refractivity contribution is 6.30. The van der Waals surface area contributed by atoms with Gasteiger partial charge in [-0.1, -0.05) is 38.4 Å². The summed E-state index contributed by atoms with van der Waals surface area (Å²) in [5.41, 5.74) is 6.82. The molecule has 0 aromatic heterocycles. The average Bonchev–Trinajstić information content (AvgIpc) is 2.64. The Bertz CT molecular complexity index is 690. The zero-order valence-electron chi connectivity index (χ0n) is 16.0. The summed E-state index contributed by atoms with van der Waals surface area (Å²) in [6.45, 7) is 6.58. The lowest BCUT2D eigenvalue weighted by atomic mass is 9.88. The van der Waals surface area contributed by atoms with E-state index in [0.29, 0.717) is 18.2 Å². The molecule has 1 aromatic carbocycles. The molecule has 0 radical (unpaired) electrons. The van der Waals surface area contributed by atoms with Crippen LogP contribution in [0.25, 0.3) is 0 Å². The Morgan fingerprint density at radius 1 is 1.41 bits per heavy atom. The molecule has 1 unspecified atom stereocenters. The van der Waals surface area contributed by atoms with Gasteiger partial charge in [0.2, 0.25) is 5.91 Å². The summed E-state index contributed by atoms with van der Waals surface area (Å²) in [5.74, 6) is -0.802. The Balaban J connectivity index is 2.09. The predicted octanol–water partition coefficient (Wildman–Crippen LogP) is 1.05. The number of carbonyl (C=O) groups is 2. The van der Waals surface area contributed by atoms with Crippen LogP contribution in [0.2, 0.25) is 5.02 Å². The Labute approximate surface area is 164 Å². The van der Waals surface area contributed by atoms with Crippen molar-refractivity contribution in [3.8, 4) is 0 Å². The number of carbonyl (C=O) groups excluding carboxylic acids is 2. The van der Waals surface area contributed by atoms with E-state index in [-0.39, 0.29) is 25.6 Å². The first-order valence-electron chi connectivity index (χ1n) is 8.96. The number of hydrogen-bond donors (Lipinski definition) is 3. The van der Waals surface area contributed by atoms with Crippen LogP contribution in [-0.2, 0) is 27.4 Å². The second-order valence-corrected chi connectivity index (χ2v) is 8.16. The van der Waals surface area contributed by atoms with E-state index >= 15 is 0 Å². The number of aliphatic hydroxyl groups excluding tert-OH is 1. The van der Waals surface area contributed by atoms with Crippen LogP contribution in [0.1, 0.15) is 31.9 Å². The molecule has 1 aromatic rings. The third kappa shape index (κ3) is 5.42. The molecular formula is C19H28ClN3O4. The summed E-state index contributed by atoms with van der Waals surface area (Å²) >= 11 is 6.03. The largest absolute Gasteiger partial charge is 0.383 e. The van der Waals surface area contributed by atoms with Crippen LogP contribution in [0.4, 0.5) is 0 Å². The highest BCUT2D eigenvalue weighted by Gasteiger charge is 2.39. The molecule has 2 atom stereocenters. The number of aliphatic hydroxyl groups is 1. The third-order valence-electron chi connectivity index (χ3n) is 4.61. The molecule has 1 aliphatic heterocycles. The Morgan fingerprint density at radius 2 is 2.11 bits per heavy atom. The van der Waals surface area contributed by atoms with Gasteiger partial charge in [0.15, 0.2) is 0 Å². The van der Waals surface area contributed by atoms with Crippen molar-refractivity contribution in [1.82, 2.24) is 10.2 Å². The Morgan fingerprint density at radius 3 is 2.74 bits per heavy atom. The van der Waals surface area contributed by atoms with Crippen molar-refractivity contribution in [2.45, 2.75) is 46.0 Å². The number of halogens is 1. The van der Waals surface area contributed by atoms with Crippen LogP contribution in [0, 0.1) is 5.41 Å². The monoisotopic (exact) mass is 397 g/mol. The number of nitrogens with one attached hydrogen (secondary N) is 1. The van der Waals surface area contributed by atoms with Crippen molar-refractivity contribution >= 4 is 23.4 Å². The molecule has 2 amide bonds. The summed E-state index contributed by atoms with van der Waals surface area (Å²) in [7, 11) is 0. The minimum Gasteiger partial charge on any atom is -0.383 e. The lowest BCUT2D eigenvalue weighted by Crippen LogP contribution is -2.59. The van der Waals surface area contributed by atoms with Gasteiger partial charge in [-0.15, -0.1) is 0 Å². The van der Waals surface area contributed by atoms with Gasteiger partial charge >= 0.3 is 0 Å². The first-order valence-corrected chi connectivity index (χ1v) is 9.34. The van der Waals surface area contributed by atoms with Gasteiger partial charge in [0.25, 0.3) is 5.91 Å². The van der Waals surface area contributed by atoms with Crippen LogP contribution in [0.15, 0.2) is 18.2 Å². The number of benzene rings is 1. The molecule has 7 nitrogen and oxygen atoms in total. The van der Waals surface area contributed by atoms with E-state index in [4.69, 9.17) is 22.1 Å². The molecule has 0 spiro atoms. The number of amides is 2. The molecule has 2 rings (SSSR count). The van der Waals surface area contributed by atoms with Crippen LogP contribution < -0.4 is 11.1 Å². The number of rotatable bonds is 5. The topological polar surface area (TPSA) is 105 Å². The average molecular weight is 398 g/mol. The number of hydrogen-bond acceptors (Lipinski definition) is 5. The lowest BCUT2D eigenvalue weighted by molar-refractivity contribution is -0.159. The summed E-state index contributed by atoms with van der Waals surface area (Å²) in [6, 6.07) is 4.54. The van der Waals surface area contributed by atoms with Gasteiger partial charge in [-0.25, -0.2) is 0 Å². The molecule has 150 valence electrons.